The zero-order chi connectivity index (χ0) is 28.4. The first-order chi connectivity index (χ1) is 19.9. The molecule has 1 aliphatic carbocycles. The fourth-order valence-electron chi connectivity index (χ4n) is 6.76. The number of ether oxygens (including phenoxy) is 1. The molecule has 2 heterocycles. The summed E-state index contributed by atoms with van der Waals surface area (Å²) in [7, 11) is 0. The first-order valence-corrected chi connectivity index (χ1v) is 14.3. The van der Waals surface area contributed by atoms with Gasteiger partial charge < -0.3 is 20.1 Å². The standard InChI is InChI=1S/C33H35N3O5/c37-30(38)18-24-14-16-36(20-24)31(39)33(15-17-35(22-33)19-23-8-2-1-3-9-23)34-32(40)41-21-29-27-12-6-4-10-25(27)26-11-5-7-13-28(26)29/h1-13,24,29H,14-22H2,(H,34,40)(H,37,38). The van der Waals surface area contributed by atoms with E-state index < -0.39 is 17.6 Å². The van der Waals surface area contributed by atoms with E-state index in [0.29, 0.717) is 45.6 Å². The first-order valence-electron chi connectivity index (χ1n) is 14.3. The molecule has 0 spiro atoms. The molecule has 8 nitrogen and oxygen atoms in total. The average molecular weight is 554 g/mol. The lowest BCUT2D eigenvalue weighted by Crippen LogP contribution is -2.61. The topological polar surface area (TPSA) is 99.2 Å². The second-order valence-electron chi connectivity index (χ2n) is 11.5. The van der Waals surface area contributed by atoms with E-state index >= 15 is 0 Å². The van der Waals surface area contributed by atoms with Crippen molar-refractivity contribution in [1.29, 1.82) is 0 Å². The zero-order valence-corrected chi connectivity index (χ0v) is 23.0. The van der Waals surface area contributed by atoms with Gasteiger partial charge in [0.05, 0.1) is 0 Å². The van der Waals surface area contributed by atoms with Gasteiger partial charge in [0, 0.05) is 45.1 Å². The van der Waals surface area contributed by atoms with E-state index in [1.165, 1.54) is 0 Å². The van der Waals surface area contributed by atoms with E-state index in [1.54, 1.807) is 4.90 Å². The third-order valence-electron chi connectivity index (χ3n) is 8.73. The van der Waals surface area contributed by atoms with Crippen molar-refractivity contribution in [2.75, 3.05) is 32.8 Å². The van der Waals surface area contributed by atoms with Gasteiger partial charge in [0.1, 0.15) is 12.1 Å². The van der Waals surface area contributed by atoms with Crippen molar-refractivity contribution in [1.82, 2.24) is 15.1 Å². The minimum Gasteiger partial charge on any atom is -0.481 e. The fourth-order valence-corrected chi connectivity index (χ4v) is 6.76. The van der Waals surface area contributed by atoms with Crippen molar-refractivity contribution in [3.63, 3.8) is 0 Å². The number of rotatable bonds is 8. The van der Waals surface area contributed by atoms with Gasteiger partial charge in [-0.25, -0.2) is 4.79 Å². The van der Waals surface area contributed by atoms with Crippen LogP contribution in [-0.4, -0.2) is 71.2 Å². The average Bonchev–Trinajstić information content (AvgIpc) is 3.68. The summed E-state index contributed by atoms with van der Waals surface area (Å²) in [5.41, 5.74) is 4.57. The van der Waals surface area contributed by atoms with Gasteiger partial charge in [-0.05, 0) is 46.6 Å². The van der Waals surface area contributed by atoms with Crippen molar-refractivity contribution in [3.05, 3.63) is 95.6 Å². The van der Waals surface area contributed by atoms with Crippen LogP contribution < -0.4 is 5.32 Å². The third-order valence-corrected chi connectivity index (χ3v) is 8.73. The van der Waals surface area contributed by atoms with Crippen LogP contribution >= 0.6 is 0 Å². The predicted molar refractivity (Wildman–Crippen MR) is 154 cm³/mol. The van der Waals surface area contributed by atoms with E-state index in [-0.39, 0.29) is 30.8 Å². The highest BCUT2D eigenvalue weighted by Crippen LogP contribution is 2.44. The molecule has 0 bridgehead atoms. The maximum atomic E-state index is 14.0. The lowest BCUT2D eigenvalue weighted by atomic mass is 9.96. The van der Waals surface area contributed by atoms with Crippen LogP contribution in [0.25, 0.3) is 11.1 Å². The number of alkyl carbamates (subject to hydrolysis) is 1. The van der Waals surface area contributed by atoms with E-state index in [4.69, 9.17) is 4.74 Å². The molecule has 8 heteroatoms. The molecular weight excluding hydrogens is 518 g/mol. The van der Waals surface area contributed by atoms with Crippen molar-refractivity contribution >= 4 is 18.0 Å². The van der Waals surface area contributed by atoms with Gasteiger partial charge in [-0.1, -0.05) is 78.9 Å². The smallest absolute Gasteiger partial charge is 0.408 e. The zero-order valence-electron chi connectivity index (χ0n) is 23.0. The summed E-state index contributed by atoms with van der Waals surface area (Å²) >= 11 is 0. The van der Waals surface area contributed by atoms with Crippen LogP contribution in [0.5, 0.6) is 0 Å². The van der Waals surface area contributed by atoms with E-state index in [1.807, 2.05) is 42.5 Å². The van der Waals surface area contributed by atoms with Crippen LogP contribution in [-0.2, 0) is 20.9 Å². The largest absolute Gasteiger partial charge is 0.481 e. The van der Waals surface area contributed by atoms with Crippen molar-refractivity contribution in [2.45, 2.75) is 37.3 Å². The summed E-state index contributed by atoms with van der Waals surface area (Å²) in [6.45, 7) is 2.73. The van der Waals surface area contributed by atoms with Crippen molar-refractivity contribution in [3.8, 4) is 11.1 Å². The molecule has 2 N–H and O–H groups in total. The summed E-state index contributed by atoms with van der Waals surface area (Å²) in [5.74, 6) is -1.17. The Balaban J connectivity index is 1.17. The molecule has 2 saturated heterocycles. The summed E-state index contributed by atoms with van der Waals surface area (Å²) < 4.78 is 5.85. The molecule has 2 amide bonds. The summed E-state index contributed by atoms with van der Waals surface area (Å²) in [4.78, 5) is 42.6. The number of carbonyl (C=O) groups excluding carboxylic acids is 2. The quantitative estimate of drug-likeness (QED) is 0.427. The summed E-state index contributed by atoms with van der Waals surface area (Å²) in [5, 5.41) is 12.2. The van der Waals surface area contributed by atoms with Crippen LogP contribution in [0.3, 0.4) is 0 Å². The Morgan fingerprint density at radius 1 is 0.902 bits per heavy atom. The fraction of sp³-hybridized carbons (Fsp3) is 0.364. The van der Waals surface area contributed by atoms with Gasteiger partial charge in [0.2, 0.25) is 5.91 Å². The van der Waals surface area contributed by atoms with Crippen LogP contribution in [0.15, 0.2) is 78.9 Å². The summed E-state index contributed by atoms with van der Waals surface area (Å²) in [6.07, 6.45) is 0.537. The van der Waals surface area contributed by atoms with E-state index in [9.17, 15) is 19.5 Å². The molecule has 2 fully saturated rings. The van der Waals surface area contributed by atoms with E-state index in [2.05, 4.69) is 46.6 Å². The number of hydrogen-bond donors (Lipinski definition) is 2. The molecule has 0 aromatic heterocycles. The van der Waals surface area contributed by atoms with Crippen molar-refractivity contribution < 1.29 is 24.2 Å². The molecule has 41 heavy (non-hydrogen) atoms. The molecule has 6 rings (SSSR count). The lowest BCUT2D eigenvalue weighted by molar-refractivity contribution is -0.139. The highest BCUT2D eigenvalue weighted by molar-refractivity contribution is 5.91. The van der Waals surface area contributed by atoms with Crippen LogP contribution in [0.1, 0.15) is 41.9 Å². The van der Waals surface area contributed by atoms with Gasteiger partial charge in [-0.3, -0.25) is 14.5 Å². The number of aliphatic carboxylic acids is 1. The molecule has 2 aliphatic heterocycles. The van der Waals surface area contributed by atoms with Gasteiger partial charge in [0.15, 0.2) is 0 Å². The molecule has 3 aromatic carbocycles. The number of amides is 2. The number of benzene rings is 3. The first kappa shape index (κ1) is 27.0. The number of likely N-dealkylation sites (tertiary alicyclic amines) is 2. The molecule has 212 valence electrons. The van der Waals surface area contributed by atoms with Gasteiger partial charge in [-0.2, -0.15) is 0 Å². The Morgan fingerprint density at radius 3 is 2.24 bits per heavy atom. The molecule has 2 unspecified atom stereocenters. The van der Waals surface area contributed by atoms with Gasteiger partial charge in [-0.15, -0.1) is 0 Å². The number of carbonyl (C=O) groups is 3. The number of nitrogens with one attached hydrogen (secondary N) is 1. The normalized spacial score (nSPS) is 21.9. The highest BCUT2D eigenvalue weighted by atomic mass is 16.5. The van der Waals surface area contributed by atoms with Crippen LogP contribution in [0.4, 0.5) is 4.79 Å². The number of carboxylic acids is 1. The molecule has 3 aromatic rings. The molecule has 2 atom stereocenters. The Hall–Kier alpha value is -4.17. The maximum Gasteiger partial charge on any atom is 0.408 e. The minimum atomic E-state index is -1.13. The van der Waals surface area contributed by atoms with Gasteiger partial charge in [0.25, 0.3) is 0 Å². The highest BCUT2D eigenvalue weighted by Gasteiger charge is 2.49. The second kappa shape index (κ2) is 11.4. The Morgan fingerprint density at radius 2 is 1.56 bits per heavy atom. The van der Waals surface area contributed by atoms with Crippen LogP contribution in [0, 0.1) is 5.92 Å². The lowest BCUT2D eigenvalue weighted by Gasteiger charge is -2.33. The van der Waals surface area contributed by atoms with Gasteiger partial charge >= 0.3 is 12.1 Å². The monoisotopic (exact) mass is 553 g/mol. The Labute approximate surface area is 239 Å². The molecule has 3 aliphatic rings. The Kier molecular flexibility index (Phi) is 7.49. The number of carboxylic acid groups (broad SMARTS) is 1. The number of fused-ring (bicyclic) bond motifs is 3. The van der Waals surface area contributed by atoms with E-state index in [0.717, 1.165) is 27.8 Å². The predicted octanol–water partition coefficient (Wildman–Crippen LogP) is 4.49. The molecular formula is C33H35N3O5. The van der Waals surface area contributed by atoms with Crippen molar-refractivity contribution in [2.24, 2.45) is 5.92 Å². The number of nitrogens with zero attached hydrogens (tertiary/aromatic N) is 2. The van der Waals surface area contributed by atoms with Crippen LogP contribution in [0.2, 0.25) is 0 Å². The Bertz CT molecular complexity index is 1400. The number of hydrogen-bond acceptors (Lipinski definition) is 5. The molecule has 0 radical (unpaired) electrons. The summed E-state index contributed by atoms with van der Waals surface area (Å²) in [6, 6.07) is 26.4. The molecule has 0 saturated carbocycles. The maximum absolute atomic E-state index is 14.0. The SMILES string of the molecule is O=C(O)CC1CCN(C(=O)C2(NC(=O)OCC3c4ccccc4-c4ccccc43)CCN(Cc3ccccc3)C2)C1. The third kappa shape index (κ3) is 5.57. The second-order valence-corrected chi connectivity index (χ2v) is 11.5. The minimum absolute atomic E-state index is 0.0384.